The Morgan fingerprint density at radius 3 is 3.37 bits per heavy atom. The molecule has 1 atom stereocenters. The Bertz CT molecular complexity index is 540. The molecule has 0 saturated carbocycles. The molecule has 5 heteroatoms. The fraction of sp³-hybridized carbons (Fsp3) is 0.500. The molecule has 3 rings (SSSR count). The van der Waals surface area contributed by atoms with Crippen LogP contribution in [0.4, 0.5) is 5.82 Å². The molecule has 0 aliphatic carbocycles. The molecule has 2 aromatic rings. The molecule has 1 aliphatic rings. The summed E-state index contributed by atoms with van der Waals surface area (Å²) in [5.74, 6) is 1.02. The molecule has 0 bridgehead atoms. The molecule has 0 radical (unpaired) electrons. The van der Waals surface area contributed by atoms with Crippen molar-refractivity contribution in [3.8, 4) is 0 Å². The minimum Gasteiger partial charge on any atom is -0.464 e. The van der Waals surface area contributed by atoms with Crippen LogP contribution < -0.4 is 10.2 Å². The second-order valence-electron chi connectivity index (χ2n) is 4.80. The highest BCUT2D eigenvalue weighted by Gasteiger charge is 2.24. The molecule has 1 aliphatic heterocycles. The zero-order chi connectivity index (χ0) is 13.1. The van der Waals surface area contributed by atoms with E-state index in [0.29, 0.717) is 6.04 Å². The lowest BCUT2D eigenvalue weighted by molar-refractivity contribution is 0.184. The van der Waals surface area contributed by atoms with Crippen molar-refractivity contribution in [2.75, 3.05) is 38.3 Å². The zero-order valence-corrected chi connectivity index (χ0v) is 11.1. The Balaban J connectivity index is 1.91. The van der Waals surface area contributed by atoms with Crippen molar-refractivity contribution in [1.29, 1.82) is 0 Å². The maximum absolute atomic E-state index is 5.46. The number of piperazine rings is 1. The lowest BCUT2D eigenvalue weighted by Crippen LogP contribution is -2.52. The summed E-state index contributed by atoms with van der Waals surface area (Å²) in [5, 5.41) is 4.53. The molecule has 5 nitrogen and oxygen atoms in total. The van der Waals surface area contributed by atoms with Crippen molar-refractivity contribution >= 4 is 16.8 Å². The third-order valence-corrected chi connectivity index (χ3v) is 3.64. The molecule has 1 saturated heterocycles. The van der Waals surface area contributed by atoms with Gasteiger partial charge in [0.2, 0.25) is 0 Å². The summed E-state index contributed by atoms with van der Waals surface area (Å²) in [6.07, 6.45) is 4.54. The molecule has 2 aromatic heterocycles. The van der Waals surface area contributed by atoms with Gasteiger partial charge in [0.05, 0.1) is 11.6 Å². The van der Waals surface area contributed by atoms with E-state index >= 15 is 0 Å². The summed E-state index contributed by atoms with van der Waals surface area (Å²) in [6.45, 7) is 3.69. The number of hydrogen-bond acceptors (Lipinski definition) is 5. The van der Waals surface area contributed by atoms with Gasteiger partial charge >= 0.3 is 0 Å². The molecule has 0 spiro atoms. The van der Waals surface area contributed by atoms with Gasteiger partial charge in [-0.1, -0.05) is 0 Å². The normalized spacial score (nSPS) is 20.1. The second-order valence-corrected chi connectivity index (χ2v) is 4.80. The third kappa shape index (κ3) is 2.43. The Morgan fingerprint density at radius 1 is 1.53 bits per heavy atom. The number of ether oxygens (including phenoxy) is 1. The smallest absolute Gasteiger partial charge is 0.140 e. The molecule has 1 fully saturated rings. The maximum Gasteiger partial charge on any atom is 0.140 e. The highest BCUT2D eigenvalue weighted by Crippen LogP contribution is 2.27. The highest BCUT2D eigenvalue weighted by atomic mass is 16.5. The number of anilines is 1. The van der Waals surface area contributed by atoms with E-state index in [9.17, 15) is 0 Å². The quantitative estimate of drug-likeness (QED) is 0.906. The van der Waals surface area contributed by atoms with E-state index < -0.39 is 0 Å². The summed E-state index contributed by atoms with van der Waals surface area (Å²) in [5.41, 5.74) is 0.897. The van der Waals surface area contributed by atoms with Gasteiger partial charge in [-0.2, -0.15) is 0 Å². The monoisotopic (exact) mass is 261 g/mol. The Labute approximate surface area is 112 Å². The SMILES string of the molecule is COCCC1CNCCN1c1nccc2occc12. The first-order chi connectivity index (χ1) is 9.40. The van der Waals surface area contributed by atoms with Gasteiger partial charge in [-0.15, -0.1) is 0 Å². The summed E-state index contributed by atoms with van der Waals surface area (Å²) in [7, 11) is 1.75. The van der Waals surface area contributed by atoms with Crippen molar-refractivity contribution in [2.24, 2.45) is 0 Å². The first-order valence-corrected chi connectivity index (χ1v) is 6.68. The van der Waals surface area contributed by atoms with Gasteiger partial charge in [-0.05, 0) is 18.6 Å². The van der Waals surface area contributed by atoms with Crippen molar-refractivity contribution in [3.05, 3.63) is 24.6 Å². The van der Waals surface area contributed by atoms with Crippen LogP contribution in [0.25, 0.3) is 11.0 Å². The number of fused-ring (bicyclic) bond motifs is 1. The van der Waals surface area contributed by atoms with E-state index in [1.54, 1.807) is 13.4 Å². The first kappa shape index (κ1) is 12.4. The molecule has 0 aromatic carbocycles. The highest BCUT2D eigenvalue weighted by molar-refractivity contribution is 5.88. The summed E-state index contributed by atoms with van der Waals surface area (Å²) in [4.78, 5) is 6.93. The lowest BCUT2D eigenvalue weighted by atomic mass is 10.1. The van der Waals surface area contributed by atoms with E-state index in [1.807, 2.05) is 18.3 Å². The van der Waals surface area contributed by atoms with Gasteiger partial charge in [0.15, 0.2) is 0 Å². The molecule has 1 unspecified atom stereocenters. The van der Waals surface area contributed by atoms with E-state index in [2.05, 4.69) is 15.2 Å². The van der Waals surface area contributed by atoms with Crippen LogP contribution >= 0.6 is 0 Å². The second kappa shape index (κ2) is 5.59. The maximum atomic E-state index is 5.46. The number of aromatic nitrogens is 1. The summed E-state index contributed by atoms with van der Waals surface area (Å²) >= 11 is 0. The predicted molar refractivity (Wildman–Crippen MR) is 74.5 cm³/mol. The zero-order valence-electron chi connectivity index (χ0n) is 11.1. The molecule has 19 heavy (non-hydrogen) atoms. The van der Waals surface area contributed by atoms with Gasteiger partial charge < -0.3 is 19.4 Å². The molecule has 3 heterocycles. The summed E-state index contributed by atoms with van der Waals surface area (Å²) < 4.78 is 10.7. The predicted octanol–water partition coefficient (Wildman–Crippen LogP) is 1.64. The van der Waals surface area contributed by atoms with Crippen molar-refractivity contribution in [2.45, 2.75) is 12.5 Å². The minimum atomic E-state index is 0.418. The lowest BCUT2D eigenvalue weighted by Gasteiger charge is -2.37. The Kier molecular flexibility index (Phi) is 3.66. The standard InChI is InChI=1S/C14H19N3O2/c1-18-8-3-11-10-15-6-7-17(11)14-12-4-9-19-13(12)2-5-16-14/h2,4-5,9,11,15H,3,6-8,10H2,1H3. The van der Waals surface area contributed by atoms with Gasteiger partial charge in [0.25, 0.3) is 0 Å². The molecule has 102 valence electrons. The first-order valence-electron chi connectivity index (χ1n) is 6.68. The van der Waals surface area contributed by atoms with Crippen molar-refractivity contribution in [3.63, 3.8) is 0 Å². The average molecular weight is 261 g/mol. The average Bonchev–Trinajstić information content (AvgIpc) is 2.94. The van der Waals surface area contributed by atoms with Crippen LogP contribution in [0.5, 0.6) is 0 Å². The van der Waals surface area contributed by atoms with Crippen LogP contribution in [-0.2, 0) is 4.74 Å². The van der Waals surface area contributed by atoms with Crippen LogP contribution in [-0.4, -0.2) is 44.4 Å². The van der Waals surface area contributed by atoms with Crippen molar-refractivity contribution < 1.29 is 9.15 Å². The van der Waals surface area contributed by atoms with Gasteiger partial charge in [0.1, 0.15) is 11.4 Å². The largest absolute Gasteiger partial charge is 0.464 e. The third-order valence-electron chi connectivity index (χ3n) is 3.64. The molecular formula is C14H19N3O2. The number of rotatable bonds is 4. The summed E-state index contributed by atoms with van der Waals surface area (Å²) in [6, 6.07) is 4.32. The fourth-order valence-corrected chi connectivity index (χ4v) is 2.66. The van der Waals surface area contributed by atoms with E-state index in [0.717, 1.165) is 49.4 Å². The van der Waals surface area contributed by atoms with Crippen molar-refractivity contribution in [1.82, 2.24) is 10.3 Å². The van der Waals surface area contributed by atoms with Gasteiger partial charge in [-0.3, -0.25) is 0 Å². The topological polar surface area (TPSA) is 50.5 Å². The van der Waals surface area contributed by atoms with Crippen LogP contribution in [0.3, 0.4) is 0 Å². The Hall–Kier alpha value is -1.59. The van der Waals surface area contributed by atoms with Crippen LogP contribution in [0.15, 0.2) is 29.0 Å². The van der Waals surface area contributed by atoms with Gasteiger partial charge in [0, 0.05) is 45.6 Å². The number of pyridine rings is 1. The molecular weight excluding hydrogens is 242 g/mol. The van der Waals surface area contributed by atoms with Crippen LogP contribution in [0.2, 0.25) is 0 Å². The molecule has 1 N–H and O–H groups in total. The number of furan rings is 1. The van der Waals surface area contributed by atoms with E-state index in [-0.39, 0.29) is 0 Å². The van der Waals surface area contributed by atoms with E-state index in [1.165, 1.54) is 0 Å². The Morgan fingerprint density at radius 2 is 2.47 bits per heavy atom. The number of nitrogens with one attached hydrogen (secondary N) is 1. The van der Waals surface area contributed by atoms with Crippen LogP contribution in [0.1, 0.15) is 6.42 Å². The van der Waals surface area contributed by atoms with Gasteiger partial charge in [-0.25, -0.2) is 4.98 Å². The minimum absolute atomic E-state index is 0.418. The van der Waals surface area contributed by atoms with E-state index in [4.69, 9.17) is 9.15 Å². The number of hydrogen-bond donors (Lipinski definition) is 1. The fourth-order valence-electron chi connectivity index (χ4n) is 2.66. The number of nitrogens with zero attached hydrogens (tertiary/aromatic N) is 2. The number of methoxy groups -OCH3 is 1. The van der Waals surface area contributed by atoms with Crippen LogP contribution in [0, 0.1) is 0 Å². The molecule has 0 amide bonds.